The zero-order valence-corrected chi connectivity index (χ0v) is 13.3. The summed E-state index contributed by atoms with van der Waals surface area (Å²) in [6, 6.07) is 0.685. The lowest BCUT2D eigenvalue weighted by molar-refractivity contribution is 0.303. The summed E-state index contributed by atoms with van der Waals surface area (Å²) in [6.07, 6.45) is 16.1. The molecule has 1 aromatic rings. The summed E-state index contributed by atoms with van der Waals surface area (Å²) >= 11 is 0. The highest BCUT2D eigenvalue weighted by Crippen LogP contribution is 2.27. The quantitative estimate of drug-likeness (QED) is 0.770. The zero-order valence-electron chi connectivity index (χ0n) is 13.3. The van der Waals surface area contributed by atoms with Crippen LogP contribution >= 0.6 is 0 Å². The van der Waals surface area contributed by atoms with Crippen LogP contribution in [0.5, 0.6) is 0 Å². The van der Waals surface area contributed by atoms with Crippen LogP contribution < -0.4 is 5.32 Å². The molecule has 1 unspecified atom stereocenters. The Morgan fingerprint density at radius 3 is 2.65 bits per heavy atom. The van der Waals surface area contributed by atoms with Crippen molar-refractivity contribution in [3.05, 3.63) is 18.2 Å². The van der Waals surface area contributed by atoms with Crippen molar-refractivity contribution in [2.45, 2.75) is 70.8 Å². The number of aromatic nitrogens is 2. The summed E-state index contributed by atoms with van der Waals surface area (Å²) in [4.78, 5) is 4.47. The van der Waals surface area contributed by atoms with Gasteiger partial charge in [0.25, 0.3) is 0 Å². The molecule has 1 atom stereocenters. The molecule has 1 saturated carbocycles. The Kier molecular flexibility index (Phi) is 6.58. The van der Waals surface area contributed by atoms with Crippen molar-refractivity contribution in [1.82, 2.24) is 14.9 Å². The minimum atomic E-state index is 0.685. The summed E-state index contributed by atoms with van der Waals surface area (Å²) in [6.45, 7) is 3.41. The standard InChI is InChI=1S/C17H31N3/c1-3-12-18-16(15-8-6-4-5-7-9-15)10-11-17-19-13-14-20(17)2/h13-16,18H,3-12H2,1-2H3. The molecule has 3 nitrogen and oxygen atoms in total. The third-order valence-electron chi connectivity index (χ3n) is 4.73. The number of nitrogens with zero attached hydrogens (tertiary/aromatic N) is 2. The maximum atomic E-state index is 4.47. The van der Waals surface area contributed by atoms with Gasteiger partial charge in [-0.1, -0.05) is 32.6 Å². The molecular formula is C17H31N3. The van der Waals surface area contributed by atoms with Crippen LogP contribution in [-0.2, 0) is 13.5 Å². The van der Waals surface area contributed by atoms with Crippen LogP contribution in [0.1, 0.15) is 64.1 Å². The highest BCUT2D eigenvalue weighted by Gasteiger charge is 2.22. The second-order valence-corrected chi connectivity index (χ2v) is 6.31. The number of hydrogen-bond acceptors (Lipinski definition) is 2. The van der Waals surface area contributed by atoms with Gasteiger partial charge in [-0.25, -0.2) is 4.98 Å². The van der Waals surface area contributed by atoms with E-state index in [0.29, 0.717) is 6.04 Å². The Bertz CT molecular complexity index is 364. The van der Waals surface area contributed by atoms with Crippen LogP contribution in [0.2, 0.25) is 0 Å². The smallest absolute Gasteiger partial charge is 0.108 e. The second kappa shape index (κ2) is 8.46. The number of aryl methyl sites for hydroxylation is 2. The third kappa shape index (κ3) is 4.62. The first-order chi connectivity index (χ1) is 9.81. The van der Waals surface area contributed by atoms with E-state index in [4.69, 9.17) is 0 Å². The molecule has 0 spiro atoms. The average molecular weight is 277 g/mol. The van der Waals surface area contributed by atoms with Gasteiger partial charge in [-0.15, -0.1) is 0 Å². The first-order valence-corrected chi connectivity index (χ1v) is 8.51. The lowest BCUT2D eigenvalue weighted by Crippen LogP contribution is -2.37. The third-order valence-corrected chi connectivity index (χ3v) is 4.73. The molecule has 1 aromatic heterocycles. The Labute approximate surface area is 124 Å². The molecule has 2 rings (SSSR count). The van der Waals surface area contributed by atoms with Crippen LogP contribution in [0.4, 0.5) is 0 Å². The van der Waals surface area contributed by atoms with E-state index >= 15 is 0 Å². The predicted molar refractivity (Wildman–Crippen MR) is 84.8 cm³/mol. The van der Waals surface area contributed by atoms with Crippen LogP contribution in [0.25, 0.3) is 0 Å². The maximum absolute atomic E-state index is 4.47. The minimum absolute atomic E-state index is 0.685. The Morgan fingerprint density at radius 2 is 2.05 bits per heavy atom. The second-order valence-electron chi connectivity index (χ2n) is 6.31. The number of rotatable bonds is 7. The van der Waals surface area contributed by atoms with Crippen molar-refractivity contribution in [2.24, 2.45) is 13.0 Å². The Hall–Kier alpha value is -0.830. The fourth-order valence-electron chi connectivity index (χ4n) is 3.47. The largest absolute Gasteiger partial charge is 0.338 e. The van der Waals surface area contributed by atoms with Crippen LogP contribution in [0, 0.1) is 5.92 Å². The maximum Gasteiger partial charge on any atom is 0.108 e. The molecule has 3 heteroatoms. The van der Waals surface area contributed by atoms with Gasteiger partial charge in [0.1, 0.15) is 5.82 Å². The summed E-state index contributed by atoms with van der Waals surface area (Å²) < 4.78 is 2.16. The van der Waals surface area contributed by atoms with Crippen molar-refractivity contribution in [3.8, 4) is 0 Å². The van der Waals surface area contributed by atoms with E-state index in [0.717, 1.165) is 18.9 Å². The molecule has 1 fully saturated rings. The van der Waals surface area contributed by atoms with Crippen LogP contribution in [-0.4, -0.2) is 22.1 Å². The number of imidazole rings is 1. The van der Waals surface area contributed by atoms with E-state index in [1.54, 1.807) is 0 Å². The summed E-state index contributed by atoms with van der Waals surface area (Å²) in [5.74, 6) is 2.10. The first-order valence-electron chi connectivity index (χ1n) is 8.51. The van der Waals surface area contributed by atoms with E-state index < -0.39 is 0 Å². The average Bonchev–Trinajstić information content (AvgIpc) is 2.70. The SMILES string of the molecule is CCCNC(CCc1nccn1C)C1CCCCCC1. The minimum Gasteiger partial charge on any atom is -0.338 e. The van der Waals surface area contributed by atoms with Crippen molar-refractivity contribution >= 4 is 0 Å². The molecule has 1 aliphatic carbocycles. The van der Waals surface area contributed by atoms with Gasteiger partial charge >= 0.3 is 0 Å². The lowest BCUT2D eigenvalue weighted by Gasteiger charge is -2.27. The van der Waals surface area contributed by atoms with Gasteiger partial charge in [0.15, 0.2) is 0 Å². The fraction of sp³-hybridized carbons (Fsp3) is 0.824. The molecule has 1 heterocycles. The van der Waals surface area contributed by atoms with Gasteiger partial charge < -0.3 is 9.88 Å². The van der Waals surface area contributed by atoms with Crippen molar-refractivity contribution in [1.29, 1.82) is 0 Å². The molecule has 0 amide bonds. The van der Waals surface area contributed by atoms with Gasteiger partial charge in [-0.3, -0.25) is 0 Å². The van der Waals surface area contributed by atoms with E-state index in [1.807, 2.05) is 6.20 Å². The molecule has 20 heavy (non-hydrogen) atoms. The highest BCUT2D eigenvalue weighted by atomic mass is 15.0. The van der Waals surface area contributed by atoms with Crippen molar-refractivity contribution in [2.75, 3.05) is 6.54 Å². The fourth-order valence-corrected chi connectivity index (χ4v) is 3.47. The molecule has 1 N–H and O–H groups in total. The van der Waals surface area contributed by atoms with E-state index in [-0.39, 0.29) is 0 Å². The number of hydrogen-bond donors (Lipinski definition) is 1. The molecular weight excluding hydrogens is 246 g/mol. The molecule has 0 radical (unpaired) electrons. The van der Waals surface area contributed by atoms with Gasteiger partial charge in [-0.05, 0) is 38.1 Å². The van der Waals surface area contributed by atoms with Crippen LogP contribution in [0.3, 0.4) is 0 Å². The van der Waals surface area contributed by atoms with Crippen molar-refractivity contribution in [3.63, 3.8) is 0 Å². The monoisotopic (exact) mass is 277 g/mol. The molecule has 0 bridgehead atoms. The molecule has 0 aliphatic heterocycles. The molecule has 114 valence electrons. The van der Waals surface area contributed by atoms with Crippen molar-refractivity contribution < 1.29 is 0 Å². The van der Waals surface area contributed by atoms with E-state index in [9.17, 15) is 0 Å². The molecule has 0 saturated heterocycles. The molecule has 0 aromatic carbocycles. The summed E-state index contributed by atoms with van der Waals surface area (Å²) in [5.41, 5.74) is 0. The van der Waals surface area contributed by atoms with E-state index in [1.165, 1.54) is 57.2 Å². The summed E-state index contributed by atoms with van der Waals surface area (Å²) in [7, 11) is 2.10. The van der Waals surface area contributed by atoms with Gasteiger partial charge in [0, 0.05) is 31.9 Å². The predicted octanol–water partition coefficient (Wildman–Crippen LogP) is 3.69. The zero-order chi connectivity index (χ0) is 14.2. The van der Waals surface area contributed by atoms with Gasteiger partial charge in [0.05, 0.1) is 0 Å². The normalized spacial score (nSPS) is 18.9. The van der Waals surface area contributed by atoms with Crippen LogP contribution in [0.15, 0.2) is 12.4 Å². The van der Waals surface area contributed by atoms with E-state index in [2.05, 4.69) is 35.0 Å². The lowest BCUT2D eigenvalue weighted by atomic mass is 9.88. The highest BCUT2D eigenvalue weighted by molar-refractivity contribution is 4.93. The molecule has 1 aliphatic rings. The van der Waals surface area contributed by atoms with Gasteiger partial charge in [-0.2, -0.15) is 0 Å². The Morgan fingerprint density at radius 1 is 1.30 bits per heavy atom. The number of nitrogens with one attached hydrogen (secondary N) is 1. The topological polar surface area (TPSA) is 29.9 Å². The summed E-state index contributed by atoms with van der Waals surface area (Å²) in [5, 5.41) is 3.81. The first kappa shape index (κ1) is 15.6. The van der Waals surface area contributed by atoms with Gasteiger partial charge in [0.2, 0.25) is 0 Å². The Balaban J connectivity index is 1.90.